The van der Waals surface area contributed by atoms with Crippen LogP contribution in [-0.4, -0.2) is 39.1 Å². The van der Waals surface area contributed by atoms with Gasteiger partial charge in [-0.2, -0.15) is 0 Å². The molecule has 1 amide bonds. The molecule has 0 unspecified atom stereocenters. The summed E-state index contributed by atoms with van der Waals surface area (Å²) in [5.74, 6) is 0.473. The summed E-state index contributed by atoms with van der Waals surface area (Å²) in [5, 5.41) is 2.62. The molecule has 0 aliphatic heterocycles. The number of ether oxygens (including phenoxy) is 3. The van der Waals surface area contributed by atoms with Crippen molar-refractivity contribution in [1.29, 1.82) is 0 Å². The summed E-state index contributed by atoms with van der Waals surface area (Å²) in [5.41, 5.74) is 0.904. The van der Waals surface area contributed by atoms with Gasteiger partial charge in [0.1, 0.15) is 18.2 Å². The Bertz CT molecular complexity index is 541. The molecule has 0 atom stereocenters. The van der Waals surface area contributed by atoms with E-state index >= 15 is 0 Å². The maximum Gasteiger partial charge on any atom is 0.407 e. The molecule has 1 aromatic rings. The molecule has 5 nitrogen and oxygen atoms in total. The molecule has 142 valence electrons. The minimum atomic E-state index is -0.448. The van der Waals surface area contributed by atoms with Gasteiger partial charge in [-0.1, -0.05) is 40.7 Å². The van der Waals surface area contributed by atoms with Crippen molar-refractivity contribution in [3.05, 3.63) is 29.6 Å². The van der Waals surface area contributed by atoms with Crippen molar-refractivity contribution < 1.29 is 23.4 Å². The van der Waals surface area contributed by atoms with Crippen LogP contribution in [0.3, 0.4) is 0 Å². The first-order valence-corrected chi connectivity index (χ1v) is 8.59. The summed E-state index contributed by atoms with van der Waals surface area (Å²) >= 11 is 0. The molecule has 0 heterocycles. The van der Waals surface area contributed by atoms with Gasteiger partial charge < -0.3 is 19.5 Å². The first-order valence-electron chi connectivity index (χ1n) is 8.59. The summed E-state index contributed by atoms with van der Waals surface area (Å²) in [6.07, 6.45) is -0.448. The molecule has 1 rings (SSSR count). The van der Waals surface area contributed by atoms with Crippen molar-refractivity contribution in [2.24, 2.45) is 5.41 Å². The molecular weight excluding hydrogens is 325 g/mol. The summed E-state index contributed by atoms with van der Waals surface area (Å²) in [6.45, 7) is 11.8. The highest BCUT2D eigenvalue weighted by molar-refractivity contribution is 5.67. The minimum absolute atomic E-state index is 0.0586. The Morgan fingerprint density at radius 2 is 1.92 bits per heavy atom. The van der Waals surface area contributed by atoms with Gasteiger partial charge in [-0.05, 0) is 23.0 Å². The van der Waals surface area contributed by atoms with E-state index in [0.717, 1.165) is 5.56 Å². The van der Waals surface area contributed by atoms with Crippen molar-refractivity contribution in [3.63, 3.8) is 0 Å². The van der Waals surface area contributed by atoms with Gasteiger partial charge in [-0.15, -0.1) is 0 Å². The van der Waals surface area contributed by atoms with Crippen LogP contribution in [0.4, 0.5) is 9.18 Å². The first kappa shape index (κ1) is 21.2. The van der Waals surface area contributed by atoms with Gasteiger partial charge in [0.05, 0.1) is 19.8 Å². The third kappa shape index (κ3) is 9.29. The Balaban J connectivity index is 2.17. The molecule has 0 aliphatic carbocycles. The zero-order chi connectivity index (χ0) is 18.9. The van der Waals surface area contributed by atoms with Crippen LogP contribution >= 0.6 is 0 Å². The van der Waals surface area contributed by atoms with Crippen LogP contribution in [0.2, 0.25) is 0 Å². The van der Waals surface area contributed by atoms with E-state index in [1.807, 2.05) is 34.6 Å². The lowest BCUT2D eigenvalue weighted by atomic mass is 9.99. The Hall–Kier alpha value is -1.82. The van der Waals surface area contributed by atoms with Crippen molar-refractivity contribution in [1.82, 2.24) is 5.32 Å². The molecule has 0 radical (unpaired) electrons. The van der Waals surface area contributed by atoms with E-state index in [4.69, 9.17) is 14.2 Å². The summed E-state index contributed by atoms with van der Waals surface area (Å²) in [6, 6.07) is 4.56. The van der Waals surface area contributed by atoms with Gasteiger partial charge in [0, 0.05) is 12.6 Å². The molecule has 0 aromatic heterocycles. The zero-order valence-electron chi connectivity index (χ0n) is 15.9. The number of halogens is 1. The number of hydrogen-bond donors (Lipinski definition) is 1. The van der Waals surface area contributed by atoms with Crippen molar-refractivity contribution in [3.8, 4) is 5.75 Å². The molecule has 0 fully saturated rings. The van der Waals surface area contributed by atoms with E-state index in [0.29, 0.717) is 38.7 Å². The number of carbonyl (C=O) groups is 1. The van der Waals surface area contributed by atoms with Crippen LogP contribution in [0, 0.1) is 11.2 Å². The number of amides is 1. The molecule has 6 heteroatoms. The van der Waals surface area contributed by atoms with Crippen LogP contribution in [-0.2, 0) is 9.47 Å². The van der Waals surface area contributed by atoms with E-state index < -0.39 is 6.09 Å². The highest BCUT2D eigenvalue weighted by Crippen LogP contribution is 2.27. The molecule has 0 spiro atoms. The van der Waals surface area contributed by atoms with Crippen LogP contribution in [0.25, 0.3) is 0 Å². The Kier molecular flexibility index (Phi) is 8.69. The molecular formula is C19H30FNO4. The van der Waals surface area contributed by atoms with E-state index in [9.17, 15) is 9.18 Å². The Morgan fingerprint density at radius 1 is 1.20 bits per heavy atom. The molecule has 1 N–H and O–H groups in total. The Morgan fingerprint density at radius 3 is 2.56 bits per heavy atom. The summed E-state index contributed by atoms with van der Waals surface area (Å²) in [4.78, 5) is 11.4. The third-order valence-corrected chi connectivity index (χ3v) is 3.23. The lowest BCUT2D eigenvalue weighted by Gasteiger charge is -2.18. The van der Waals surface area contributed by atoms with E-state index in [2.05, 4.69) is 5.32 Å². The van der Waals surface area contributed by atoms with Crippen molar-refractivity contribution >= 4 is 6.09 Å². The summed E-state index contributed by atoms with van der Waals surface area (Å²) in [7, 11) is 0. The average Bonchev–Trinajstić information content (AvgIpc) is 2.51. The van der Waals surface area contributed by atoms with Crippen molar-refractivity contribution in [2.45, 2.75) is 40.5 Å². The second kappa shape index (κ2) is 10.2. The first-order chi connectivity index (χ1) is 11.7. The largest absolute Gasteiger partial charge is 0.491 e. The number of nitrogens with one attached hydrogen (secondary N) is 1. The number of benzene rings is 1. The topological polar surface area (TPSA) is 56.8 Å². The van der Waals surface area contributed by atoms with Crippen LogP contribution in [0.5, 0.6) is 5.75 Å². The second-order valence-electron chi connectivity index (χ2n) is 7.36. The fraction of sp³-hybridized carbons (Fsp3) is 0.632. The van der Waals surface area contributed by atoms with Gasteiger partial charge in [0.15, 0.2) is 0 Å². The van der Waals surface area contributed by atoms with E-state index in [1.165, 1.54) is 12.1 Å². The second-order valence-corrected chi connectivity index (χ2v) is 7.36. The predicted molar refractivity (Wildman–Crippen MR) is 95.6 cm³/mol. The molecule has 0 bridgehead atoms. The number of carbonyl (C=O) groups excluding carboxylic acids is 1. The third-order valence-electron chi connectivity index (χ3n) is 3.23. The SMILES string of the molecule is CC(C)c1ccc(F)cc1OCCOCCNC(=O)OCC(C)(C)C. The standard InChI is InChI=1S/C19H30FNO4/c1-14(2)16-7-6-15(20)12-17(16)24-11-10-23-9-8-21-18(22)25-13-19(3,4)5/h6-7,12,14H,8-11,13H2,1-5H3,(H,21,22). The molecule has 0 saturated carbocycles. The minimum Gasteiger partial charge on any atom is -0.491 e. The van der Waals surface area contributed by atoms with Gasteiger partial charge >= 0.3 is 6.09 Å². The fourth-order valence-corrected chi connectivity index (χ4v) is 1.98. The molecule has 1 aromatic carbocycles. The van der Waals surface area contributed by atoms with E-state index in [-0.39, 0.29) is 17.2 Å². The quantitative estimate of drug-likeness (QED) is 0.677. The molecule has 0 saturated heterocycles. The zero-order valence-corrected chi connectivity index (χ0v) is 15.9. The smallest absolute Gasteiger partial charge is 0.407 e. The lowest BCUT2D eigenvalue weighted by molar-refractivity contribution is 0.0886. The maximum atomic E-state index is 13.3. The van der Waals surface area contributed by atoms with Crippen molar-refractivity contribution in [2.75, 3.05) is 33.0 Å². The van der Waals surface area contributed by atoms with Gasteiger partial charge in [0.2, 0.25) is 0 Å². The highest BCUT2D eigenvalue weighted by Gasteiger charge is 2.13. The monoisotopic (exact) mass is 355 g/mol. The van der Waals surface area contributed by atoms with Crippen LogP contribution in [0.15, 0.2) is 18.2 Å². The van der Waals surface area contributed by atoms with Gasteiger partial charge in [-0.25, -0.2) is 9.18 Å². The predicted octanol–water partition coefficient (Wildman–Crippen LogP) is 4.12. The highest BCUT2D eigenvalue weighted by atomic mass is 19.1. The molecule has 0 aliphatic rings. The van der Waals surface area contributed by atoms with Gasteiger partial charge in [-0.3, -0.25) is 0 Å². The van der Waals surface area contributed by atoms with Gasteiger partial charge in [0.25, 0.3) is 0 Å². The number of hydrogen-bond acceptors (Lipinski definition) is 4. The lowest BCUT2D eigenvalue weighted by Crippen LogP contribution is -2.30. The normalized spacial score (nSPS) is 11.5. The van der Waals surface area contributed by atoms with Crippen LogP contribution in [0.1, 0.15) is 46.1 Å². The average molecular weight is 355 g/mol. The fourth-order valence-electron chi connectivity index (χ4n) is 1.98. The number of rotatable bonds is 9. The van der Waals surface area contributed by atoms with Crippen LogP contribution < -0.4 is 10.1 Å². The number of alkyl carbamates (subject to hydrolysis) is 1. The maximum absolute atomic E-state index is 13.3. The Labute approximate surface area is 149 Å². The van der Waals surface area contributed by atoms with E-state index in [1.54, 1.807) is 6.07 Å². The molecule has 25 heavy (non-hydrogen) atoms. The summed E-state index contributed by atoms with van der Waals surface area (Å²) < 4.78 is 29.4.